The molecule has 3 aromatic rings. The van der Waals surface area contributed by atoms with Gasteiger partial charge in [0.15, 0.2) is 11.5 Å². The highest BCUT2D eigenvalue weighted by Crippen LogP contribution is 2.30. The lowest BCUT2D eigenvalue weighted by molar-refractivity contribution is -0.129. The van der Waals surface area contributed by atoms with Crippen LogP contribution in [0.3, 0.4) is 0 Å². The van der Waals surface area contributed by atoms with Gasteiger partial charge in [0.05, 0.1) is 26.5 Å². The number of ether oxygens (including phenoxy) is 3. The lowest BCUT2D eigenvalue weighted by atomic mass is 10.1. The molecule has 9 nitrogen and oxygen atoms in total. The van der Waals surface area contributed by atoms with Gasteiger partial charge in [0.1, 0.15) is 34.8 Å². The van der Waals surface area contributed by atoms with Crippen LogP contribution < -0.4 is 19.5 Å². The lowest BCUT2D eigenvalue weighted by Crippen LogP contribution is -2.23. The van der Waals surface area contributed by atoms with E-state index in [-0.39, 0.29) is 29.2 Å². The Labute approximate surface area is 220 Å². The fraction of sp³-hybridized carbons (Fsp3) is 0.172. The minimum Gasteiger partial charge on any atom is -0.494 e. The first kappa shape index (κ1) is 27.3. The number of nitrogens with zero attached hydrogens (tertiary/aromatic N) is 2. The number of carbonyl (C=O) groups excluding carboxylic acids is 2. The monoisotopic (exact) mass is 511 g/mol. The number of hydrogen-bond donors (Lipinski definition) is 1. The van der Waals surface area contributed by atoms with Crippen LogP contribution in [-0.2, 0) is 16.1 Å². The van der Waals surface area contributed by atoms with Crippen LogP contribution in [0.15, 0.2) is 76.4 Å². The van der Waals surface area contributed by atoms with E-state index in [9.17, 15) is 20.1 Å². The second-order valence-corrected chi connectivity index (χ2v) is 7.82. The second kappa shape index (κ2) is 13.7. The van der Waals surface area contributed by atoms with Crippen molar-refractivity contribution in [1.82, 2.24) is 5.32 Å². The molecule has 0 saturated carbocycles. The Bertz CT molecular complexity index is 1410. The van der Waals surface area contributed by atoms with Gasteiger partial charge in [0.2, 0.25) is 0 Å². The largest absolute Gasteiger partial charge is 0.494 e. The van der Waals surface area contributed by atoms with Crippen molar-refractivity contribution in [1.29, 1.82) is 10.5 Å². The highest BCUT2D eigenvalue weighted by Gasteiger charge is 2.16. The van der Waals surface area contributed by atoms with Crippen LogP contribution in [0.5, 0.6) is 17.2 Å². The number of benzene rings is 2. The maximum absolute atomic E-state index is 12.7. The number of nitrogens with one attached hydrogen (secondary N) is 1. The van der Waals surface area contributed by atoms with E-state index in [4.69, 9.17) is 18.6 Å². The third-order valence-corrected chi connectivity index (χ3v) is 5.07. The molecular weight excluding hydrogens is 486 g/mol. The summed E-state index contributed by atoms with van der Waals surface area (Å²) in [5.41, 5.74) is 0.749. The average molecular weight is 512 g/mol. The first-order chi connectivity index (χ1) is 18.5. The molecule has 0 bridgehead atoms. The first-order valence-electron chi connectivity index (χ1n) is 11.6. The predicted octanol–water partition coefficient (Wildman–Crippen LogP) is 4.81. The van der Waals surface area contributed by atoms with Gasteiger partial charge in [-0.2, -0.15) is 10.5 Å². The van der Waals surface area contributed by atoms with Gasteiger partial charge in [-0.15, -0.1) is 0 Å². The van der Waals surface area contributed by atoms with Gasteiger partial charge in [0.25, 0.3) is 5.91 Å². The van der Waals surface area contributed by atoms with Gasteiger partial charge in [-0.25, -0.2) is 4.79 Å². The van der Waals surface area contributed by atoms with E-state index < -0.39 is 11.9 Å². The zero-order valence-corrected chi connectivity index (χ0v) is 20.9. The van der Waals surface area contributed by atoms with Crippen LogP contribution in [0.1, 0.15) is 30.2 Å². The predicted molar refractivity (Wildman–Crippen MR) is 139 cm³/mol. The summed E-state index contributed by atoms with van der Waals surface area (Å²) in [6.07, 6.45) is 5.16. The van der Waals surface area contributed by atoms with E-state index in [1.54, 1.807) is 42.5 Å². The molecule has 1 heterocycles. The summed E-state index contributed by atoms with van der Waals surface area (Å²) in [6.45, 7) is 2.74. The van der Waals surface area contributed by atoms with Crippen molar-refractivity contribution in [2.24, 2.45) is 0 Å². The van der Waals surface area contributed by atoms with E-state index in [0.717, 1.165) is 6.42 Å². The third kappa shape index (κ3) is 7.61. The van der Waals surface area contributed by atoms with Crippen LogP contribution in [0.4, 0.5) is 0 Å². The fourth-order valence-electron chi connectivity index (χ4n) is 3.19. The van der Waals surface area contributed by atoms with Crippen LogP contribution in [-0.4, -0.2) is 25.6 Å². The summed E-state index contributed by atoms with van der Waals surface area (Å²) < 4.78 is 21.4. The van der Waals surface area contributed by atoms with E-state index in [0.29, 0.717) is 29.2 Å². The lowest BCUT2D eigenvalue weighted by Gasteiger charge is -2.10. The number of hydrogen-bond acceptors (Lipinski definition) is 8. The van der Waals surface area contributed by atoms with Gasteiger partial charge in [-0.1, -0.05) is 25.1 Å². The van der Waals surface area contributed by atoms with Crippen molar-refractivity contribution in [3.63, 3.8) is 0 Å². The first-order valence-corrected chi connectivity index (χ1v) is 11.6. The molecule has 1 N–H and O–H groups in total. The molecule has 192 valence electrons. The van der Waals surface area contributed by atoms with Crippen molar-refractivity contribution in [2.45, 2.75) is 19.9 Å². The maximum Gasteiger partial charge on any atom is 0.354 e. The van der Waals surface area contributed by atoms with Crippen molar-refractivity contribution >= 4 is 24.0 Å². The Kier molecular flexibility index (Phi) is 9.86. The Balaban J connectivity index is 1.72. The quantitative estimate of drug-likeness (QED) is 0.168. The number of rotatable bonds is 11. The summed E-state index contributed by atoms with van der Waals surface area (Å²) in [5.74, 6) is 0.0448. The summed E-state index contributed by atoms with van der Waals surface area (Å²) >= 11 is 0. The van der Waals surface area contributed by atoms with E-state index >= 15 is 0 Å². The second-order valence-electron chi connectivity index (χ2n) is 7.82. The highest BCUT2D eigenvalue weighted by molar-refractivity contribution is 6.02. The van der Waals surface area contributed by atoms with E-state index in [1.807, 2.05) is 19.1 Å². The Morgan fingerprint density at radius 3 is 2.32 bits per heavy atom. The molecule has 3 rings (SSSR count). The Morgan fingerprint density at radius 1 is 0.974 bits per heavy atom. The molecule has 1 aromatic heterocycles. The van der Waals surface area contributed by atoms with E-state index in [1.165, 1.54) is 37.7 Å². The van der Waals surface area contributed by atoms with Crippen LogP contribution in [0.2, 0.25) is 0 Å². The fourth-order valence-corrected chi connectivity index (χ4v) is 3.19. The molecule has 0 saturated heterocycles. The molecule has 0 aliphatic carbocycles. The van der Waals surface area contributed by atoms with Crippen molar-refractivity contribution < 1.29 is 28.2 Å². The molecule has 0 unspecified atom stereocenters. The van der Waals surface area contributed by atoms with E-state index in [2.05, 4.69) is 5.32 Å². The van der Waals surface area contributed by atoms with Gasteiger partial charge in [-0.3, -0.25) is 4.79 Å². The minimum absolute atomic E-state index is 0.0693. The Morgan fingerprint density at radius 2 is 1.68 bits per heavy atom. The molecule has 0 spiro atoms. The standard InChI is InChI=1S/C29H25N3O6/c1-3-12-36-24-9-6-20(7-10-24)14-23(18-31)29(34)38-26-11-8-21(16-27(26)35-2)15-22(17-30)28(33)32-19-25-5-4-13-37-25/h4-11,13-16H,3,12,19H2,1-2H3,(H,32,33)/b22-15+,23-14+. The number of carbonyl (C=O) groups is 2. The maximum atomic E-state index is 12.7. The molecule has 38 heavy (non-hydrogen) atoms. The zero-order chi connectivity index (χ0) is 27.3. The SMILES string of the molecule is CCCOc1ccc(/C=C(\C#N)C(=O)Oc2ccc(/C=C(\C#N)C(=O)NCc3ccco3)cc2OC)cc1. The van der Waals surface area contributed by atoms with Gasteiger partial charge in [-0.05, 0) is 66.1 Å². The van der Waals surface area contributed by atoms with Crippen LogP contribution >= 0.6 is 0 Å². The van der Waals surface area contributed by atoms with Crippen LogP contribution in [0, 0.1) is 22.7 Å². The number of methoxy groups -OCH3 is 1. The molecule has 2 aromatic carbocycles. The summed E-state index contributed by atoms with van der Waals surface area (Å²) in [7, 11) is 1.38. The van der Waals surface area contributed by atoms with Gasteiger partial charge < -0.3 is 23.9 Å². The molecule has 9 heteroatoms. The smallest absolute Gasteiger partial charge is 0.354 e. The number of furan rings is 1. The summed E-state index contributed by atoms with van der Waals surface area (Å²) in [6, 6.07) is 18.6. The number of nitriles is 2. The van der Waals surface area contributed by atoms with Crippen LogP contribution in [0.25, 0.3) is 12.2 Å². The molecule has 0 aliphatic rings. The highest BCUT2D eigenvalue weighted by atomic mass is 16.6. The molecule has 0 aliphatic heterocycles. The molecule has 1 amide bonds. The molecule has 0 radical (unpaired) electrons. The minimum atomic E-state index is -0.865. The zero-order valence-electron chi connectivity index (χ0n) is 20.9. The Hall–Kier alpha value is -5.28. The number of amides is 1. The third-order valence-electron chi connectivity index (χ3n) is 5.07. The molecule has 0 fully saturated rings. The summed E-state index contributed by atoms with van der Waals surface area (Å²) in [4.78, 5) is 25.1. The van der Waals surface area contributed by atoms with Crippen molar-refractivity contribution in [2.75, 3.05) is 13.7 Å². The normalized spacial score (nSPS) is 11.2. The molecular formula is C29H25N3O6. The van der Waals surface area contributed by atoms with Gasteiger partial charge in [0, 0.05) is 0 Å². The molecule has 0 atom stereocenters. The van der Waals surface area contributed by atoms with Crippen molar-refractivity contribution in [3.05, 3.63) is 88.9 Å². The number of esters is 1. The summed E-state index contributed by atoms with van der Waals surface area (Å²) in [5, 5.41) is 21.5. The van der Waals surface area contributed by atoms with Gasteiger partial charge >= 0.3 is 5.97 Å². The van der Waals surface area contributed by atoms with Crippen molar-refractivity contribution in [3.8, 4) is 29.4 Å². The topological polar surface area (TPSA) is 135 Å². The average Bonchev–Trinajstić information content (AvgIpc) is 3.47.